The lowest BCUT2D eigenvalue weighted by molar-refractivity contribution is 0.102. The molecule has 0 saturated carbocycles. The molecular weight excluding hydrogens is 350 g/mol. The molecule has 2 N–H and O–H groups in total. The zero-order chi connectivity index (χ0) is 19.4. The number of benzene rings is 2. The topological polar surface area (TPSA) is 66.9 Å². The molecule has 0 aliphatic carbocycles. The van der Waals surface area contributed by atoms with Crippen LogP contribution >= 0.6 is 0 Å². The standard InChI is InChI=1S/C20H18F2N4O/c1-3-13-6-4-5-12(2)18(13)26-20-23-10-14(11-24-20)19(27)25-17-8-7-15(21)9-16(17)22/h4-11H,3H2,1-2H3,(H,25,27)(H,23,24,26). The molecule has 1 amide bonds. The molecule has 3 aromatic rings. The van der Waals surface area contributed by atoms with Gasteiger partial charge in [0.15, 0.2) is 0 Å². The van der Waals surface area contributed by atoms with Gasteiger partial charge in [-0.05, 0) is 36.6 Å². The summed E-state index contributed by atoms with van der Waals surface area (Å²) in [6, 6.07) is 8.92. The van der Waals surface area contributed by atoms with Gasteiger partial charge in [-0.2, -0.15) is 0 Å². The first-order chi connectivity index (χ1) is 13.0. The molecular formula is C20H18F2N4O. The Morgan fingerprint density at radius 2 is 1.85 bits per heavy atom. The number of para-hydroxylation sites is 1. The van der Waals surface area contributed by atoms with Crippen LogP contribution in [0.1, 0.15) is 28.4 Å². The van der Waals surface area contributed by atoms with Crippen LogP contribution in [0.3, 0.4) is 0 Å². The quantitative estimate of drug-likeness (QED) is 0.689. The molecule has 3 rings (SSSR count). The molecule has 0 saturated heterocycles. The molecule has 2 aromatic carbocycles. The molecule has 0 atom stereocenters. The molecule has 138 valence electrons. The predicted molar refractivity (Wildman–Crippen MR) is 100 cm³/mol. The molecule has 0 fully saturated rings. The van der Waals surface area contributed by atoms with Crippen LogP contribution in [0.2, 0.25) is 0 Å². The smallest absolute Gasteiger partial charge is 0.258 e. The van der Waals surface area contributed by atoms with Gasteiger partial charge in [0.2, 0.25) is 5.95 Å². The van der Waals surface area contributed by atoms with Crippen LogP contribution in [0.5, 0.6) is 0 Å². The third-order valence-electron chi connectivity index (χ3n) is 4.07. The van der Waals surface area contributed by atoms with Crippen LogP contribution in [0.15, 0.2) is 48.8 Å². The highest BCUT2D eigenvalue weighted by molar-refractivity contribution is 6.04. The van der Waals surface area contributed by atoms with E-state index in [-0.39, 0.29) is 11.3 Å². The second-order valence-corrected chi connectivity index (χ2v) is 5.96. The van der Waals surface area contributed by atoms with Crippen LogP contribution in [0.25, 0.3) is 0 Å². The van der Waals surface area contributed by atoms with Gasteiger partial charge in [-0.1, -0.05) is 25.1 Å². The zero-order valence-electron chi connectivity index (χ0n) is 14.9. The highest BCUT2D eigenvalue weighted by Gasteiger charge is 2.12. The normalized spacial score (nSPS) is 10.5. The number of rotatable bonds is 5. The molecule has 0 aliphatic heterocycles. The van der Waals surface area contributed by atoms with E-state index in [4.69, 9.17) is 0 Å². The fraction of sp³-hybridized carbons (Fsp3) is 0.150. The average Bonchev–Trinajstić information content (AvgIpc) is 2.66. The van der Waals surface area contributed by atoms with E-state index in [1.807, 2.05) is 25.1 Å². The van der Waals surface area contributed by atoms with Gasteiger partial charge in [-0.25, -0.2) is 18.7 Å². The predicted octanol–water partition coefficient (Wildman–Crippen LogP) is 4.62. The Morgan fingerprint density at radius 3 is 2.52 bits per heavy atom. The SMILES string of the molecule is CCc1cccc(C)c1Nc1ncc(C(=O)Nc2ccc(F)cc2F)cn1. The largest absolute Gasteiger partial charge is 0.324 e. The molecule has 1 heterocycles. The fourth-order valence-corrected chi connectivity index (χ4v) is 2.61. The van der Waals surface area contributed by atoms with Crippen molar-refractivity contribution in [2.45, 2.75) is 20.3 Å². The number of hydrogen-bond acceptors (Lipinski definition) is 4. The van der Waals surface area contributed by atoms with E-state index in [2.05, 4.69) is 27.5 Å². The Balaban J connectivity index is 1.74. The van der Waals surface area contributed by atoms with Gasteiger partial charge in [-0.3, -0.25) is 4.79 Å². The third kappa shape index (κ3) is 4.25. The number of carbonyl (C=O) groups excluding carboxylic acids is 1. The van der Waals surface area contributed by atoms with E-state index in [1.165, 1.54) is 12.4 Å². The maximum Gasteiger partial charge on any atom is 0.258 e. The fourth-order valence-electron chi connectivity index (χ4n) is 2.61. The first kappa shape index (κ1) is 18.4. The van der Waals surface area contributed by atoms with Gasteiger partial charge < -0.3 is 10.6 Å². The Morgan fingerprint density at radius 1 is 1.11 bits per heavy atom. The van der Waals surface area contributed by atoms with E-state index < -0.39 is 17.5 Å². The monoisotopic (exact) mass is 368 g/mol. The number of carbonyl (C=O) groups is 1. The van der Waals surface area contributed by atoms with Crippen LogP contribution in [-0.2, 0) is 6.42 Å². The zero-order valence-corrected chi connectivity index (χ0v) is 14.9. The summed E-state index contributed by atoms with van der Waals surface area (Å²) >= 11 is 0. The maximum atomic E-state index is 13.6. The van der Waals surface area contributed by atoms with E-state index in [0.29, 0.717) is 12.0 Å². The Hall–Kier alpha value is -3.35. The van der Waals surface area contributed by atoms with E-state index in [0.717, 1.165) is 35.4 Å². The summed E-state index contributed by atoms with van der Waals surface area (Å²) in [7, 11) is 0. The van der Waals surface area contributed by atoms with Gasteiger partial charge >= 0.3 is 0 Å². The van der Waals surface area contributed by atoms with Crippen LogP contribution in [0.4, 0.5) is 26.1 Å². The molecule has 0 bridgehead atoms. The van der Waals surface area contributed by atoms with Gasteiger partial charge in [0.05, 0.1) is 11.3 Å². The lowest BCUT2D eigenvalue weighted by Crippen LogP contribution is -2.14. The molecule has 0 aliphatic rings. The molecule has 5 nitrogen and oxygen atoms in total. The summed E-state index contributed by atoms with van der Waals surface area (Å²) in [5.41, 5.74) is 3.17. The number of aromatic nitrogens is 2. The summed E-state index contributed by atoms with van der Waals surface area (Å²) < 4.78 is 26.6. The minimum atomic E-state index is -0.853. The molecule has 27 heavy (non-hydrogen) atoms. The lowest BCUT2D eigenvalue weighted by Gasteiger charge is -2.13. The minimum Gasteiger partial charge on any atom is -0.324 e. The molecule has 0 unspecified atom stereocenters. The van der Waals surface area contributed by atoms with Crippen LogP contribution in [0, 0.1) is 18.6 Å². The number of nitrogens with one attached hydrogen (secondary N) is 2. The van der Waals surface area contributed by atoms with Crippen molar-refractivity contribution in [1.29, 1.82) is 0 Å². The third-order valence-corrected chi connectivity index (χ3v) is 4.07. The molecule has 1 aromatic heterocycles. The number of nitrogens with zero attached hydrogens (tertiary/aromatic N) is 2. The van der Waals surface area contributed by atoms with E-state index in [9.17, 15) is 13.6 Å². The Labute approximate surface area is 155 Å². The maximum absolute atomic E-state index is 13.6. The number of amides is 1. The van der Waals surface area contributed by atoms with Crippen molar-refractivity contribution < 1.29 is 13.6 Å². The summed E-state index contributed by atoms with van der Waals surface area (Å²) in [4.78, 5) is 20.5. The van der Waals surface area contributed by atoms with Crippen molar-refractivity contribution in [2.75, 3.05) is 10.6 Å². The van der Waals surface area contributed by atoms with Crippen molar-refractivity contribution in [2.24, 2.45) is 0 Å². The summed E-state index contributed by atoms with van der Waals surface area (Å²) in [5, 5.41) is 5.54. The van der Waals surface area contributed by atoms with Gasteiger partial charge in [0.25, 0.3) is 5.91 Å². The van der Waals surface area contributed by atoms with Crippen LogP contribution in [-0.4, -0.2) is 15.9 Å². The molecule has 0 radical (unpaired) electrons. The second kappa shape index (κ2) is 7.90. The highest BCUT2D eigenvalue weighted by Crippen LogP contribution is 2.23. The van der Waals surface area contributed by atoms with Gasteiger partial charge in [0.1, 0.15) is 11.6 Å². The second-order valence-electron chi connectivity index (χ2n) is 5.96. The van der Waals surface area contributed by atoms with E-state index in [1.54, 1.807) is 0 Å². The Kier molecular flexibility index (Phi) is 5.40. The van der Waals surface area contributed by atoms with Gasteiger partial charge in [0, 0.05) is 24.1 Å². The van der Waals surface area contributed by atoms with Crippen molar-refractivity contribution in [1.82, 2.24) is 9.97 Å². The first-order valence-corrected chi connectivity index (χ1v) is 8.42. The van der Waals surface area contributed by atoms with Crippen molar-refractivity contribution in [3.63, 3.8) is 0 Å². The van der Waals surface area contributed by atoms with Crippen molar-refractivity contribution in [3.05, 3.63) is 77.1 Å². The first-order valence-electron chi connectivity index (χ1n) is 8.42. The minimum absolute atomic E-state index is 0.115. The number of anilines is 3. The molecule has 7 heteroatoms. The summed E-state index contributed by atoms with van der Waals surface area (Å²) in [6.45, 7) is 4.05. The van der Waals surface area contributed by atoms with E-state index >= 15 is 0 Å². The summed E-state index contributed by atoms with van der Waals surface area (Å²) in [5.74, 6) is -1.80. The highest BCUT2D eigenvalue weighted by atomic mass is 19.1. The Bertz CT molecular complexity index is 974. The number of aryl methyl sites for hydroxylation is 2. The lowest BCUT2D eigenvalue weighted by atomic mass is 10.1. The van der Waals surface area contributed by atoms with Gasteiger partial charge in [-0.15, -0.1) is 0 Å². The van der Waals surface area contributed by atoms with Crippen molar-refractivity contribution >= 4 is 23.2 Å². The molecule has 0 spiro atoms. The number of hydrogen-bond donors (Lipinski definition) is 2. The summed E-state index contributed by atoms with van der Waals surface area (Å²) in [6.07, 6.45) is 3.54. The number of halogens is 2. The average molecular weight is 368 g/mol. The van der Waals surface area contributed by atoms with Crippen molar-refractivity contribution in [3.8, 4) is 0 Å². The van der Waals surface area contributed by atoms with Crippen LogP contribution < -0.4 is 10.6 Å².